The van der Waals surface area contributed by atoms with Gasteiger partial charge in [0.05, 0.1) is 0 Å². The first-order chi connectivity index (χ1) is 12.7. The smallest absolute Gasteiger partial charge is 0.260 e. The quantitative estimate of drug-likeness (QED) is 0.648. The Bertz CT molecular complexity index is 935. The number of aryl methyl sites for hydroxylation is 1. The number of halogens is 1. The Balaban J connectivity index is 1.74. The third-order valence-electron chi connectivity index (χ3n) is 4.73. The van der Waals surface area contributed by atoms with Gasteiger partial charge in [-0.1, -0.05) is 48.9 Å². The van der Waals surface area contributed by atoms with E-state index >= 15 is 0 Å². The summed E-state index contributed by atoms with van der Waals surface area (Å²) in [6.45, 7) is 2.14. The van der Waals surface area contributed by atoms with Crippen LogP contribution in [0.5, 0.6) is 0 Å². The second kappa shape index (κ2) is 6.85. The first-order valence-corrected chi connectivity index (χ1v) is 9.08. The molecule has 4 heteroatoms. The highest BCUT2D eigenvalue weighted by Gasteiger charge is 2.37. The van der Waals surface area contributed by atoms with Crippen LogP contribution < -0.4 is 10.2 Å². The maximum absolute atomic E-state index is 13.0. The van der Waals surface area contributed by atoms with Crippen LogP contribution in [0.4, 0.5) is 11.4 Å². The highest BCUT2D eigenvalue weighted by Crippen LogP contribution is 2.38. The molecule has 1 aliphatic heterocycles. The van der Waals surface area contributed by atoms with Crippen LogP contribution in [0.25, 0.3) is 0 Å². The second-order valence-electron chi connectivity index (χ2n) is 6.34. The van der Waals surface area contributed by atoms with E-state index in [2.05, 4.69) is 36.5 Å². The number of hydrogen-bond donors (Lipinski definition) is 1. The SMILES string of the molecule is CCc1ccc(N[C@H]2c3ccccc3C(=O)N2c2ccc(Cl)cc2)cc1. The van der Waals surface area contributed by atoms with Gasteiger partial charge in [0.2, 0.25) is 0 Å². The van der Waals surface area contributed by atoms with Gasteiger partial charge < -0.3 is 5.32 Å². The third kappa shape index (κ3) is 2.95. The van der Waals surface area contributed by atoms with Crippen LogP contribution in [0.15, 0.2) is 72.8 Å². The Morgan fingerprint density at radius 2 is 1.65 bits per heavy atom. The monoisotopic (exact) mass is 362 g/mol. The van der Waals surface area contributed by atoms with Gasteiger partial charge in [-0.25, -0.2) is 0 Å². The van der Waals surface area contributed by atoms with Crippen molar-refractivity contribution in [3.05, 3.63) is 94.5 Å². The minimum atomic E-state index is -0.257. The molecule has 0 bridgehead atoms. The third-order valence-corrected chi connectivity index (χ3v) is 4.99. The van der Waals surface area contributed by atoms with Crippen LogP contribution in [0.1, 0.15) is 34.6 Å². The van der Waals surface area contributed by atoms with Crippen LogP contribution >= 0.6 is 11.6 Å². The summed E-state index contributed by atoms with van der Waals surface area (Å²) in [5.74, 6) is -0.00870. The van der Waals surface area contributed by atoms with Gasteiger partial charge >= 0.3 is 0 Å². The Labute approximate surface area is 158 Å². The molecular weight excluding hydrogens is 344 g/mol. The van der Waals surface area contributed by atoms with Gasteiger partial charge in [0.15, 0.2) is 0 Å². The lowest BCUT2D eigenvalue weighted by Gasteiger charge is -2.27. The van der Waals surface area contributed by atoms with Gasteiger partial charge in [-0.15, -0.1) is 0 Å². The molecule has 4 rings (SSSR count). The molecule has 0 spiro atoms. The van der Waals surface area contributed by atoms with Crippen molar-refractivity contribution in [2.24, 2.45) is 0 Å². The molecule has 1 aliphatic rings. The predicted molar refractivity (Wildman–Crippen MR) is 107 cm³/mol. The highest BCUT2D eigenvalue weighted by atomic mass is 35.5. The molecule has 3 aromatic carbocycles. The summed E-state index contributed by atoms with van der Waals surface area (Å²) in [5.41, 5.74) is 4.79. The normalized spacial score (nSPS) is 15.8. The van der Waals surface area contributed by atoms with Crippen LogP contribution in [0.2, 0.25) is 5.02 Å². The fourth-order valence-corrected chi connectivity index (χ4v) is 3.45. The van der Waals surface area contributed by atoms with Crippen molar-refractivity contribution in [1.82, 2.24) is 0 Å². The van der Waals surface area contributed by atoms with Crippen LogP contribution in [0, 0.1) is 0 Å². The molecule has 0 unspecified atom stereocenters. The number of benzene rings is 3. The summed E-state index contributed by atoms with van der Waals surface area (Å²) in [4.78, 5) is 14.8. The van der Waals surface area contributed by atoms with E-state index in [4.69, 9.17) is 11.6 Å². The predicted octanol–water partition coefficient (Wildman–Crippen LogP) is 5.67. The molecule has 0 aliphatic carbocycles. The van der Waals surface area contributed by atoms with Crippen LogP contribution in [0.3, 0.4) is 0 Å². The Morgan fingerprint density at radius 3 is 2.35 bits per heavy atom. The van der Waals surface area contributed by atoms with E-state index in [0.717, 1.165) is 28.9 Å². The van der Waals surface area contributed by atoms with E-state index in [1.807, 2.05) is 36.4 Å². The molecule has 1 amide bonds. The molecule has 1 atom stereocenters. The molecule has 3 nitrogen and oxygen atoms in total. The van der Waals surface area contributed by atoms with E-state index in [1.54, 1.807) is 17.0 Å². The molecule has 0 radical (unpaired) electrons. The summed E-state index contributed by atoms with van der Waals surface area (Å²) >= 11 is 6.02. The van der Waals surface area contributed by atoms with Crippen molar-refractivity contribution in [2.45, 2.75) is 19.5 Å². The zero-order chi connectivity index (χ0) is 18.1. The number of carbonyl (C=O) groups excluding carboxylic acids is 1. The number of rotatable bonds is 4. The minimum Gasteiger partial charge on any atom is -0.361 e. The van der Waals surface area contributed by atoms with Gasteiger partial charge in [-0.05, 0) is 54.4 Å². The highest BCUT2D eigenvalue weighted by molar-refractivity contribution is 6.30. The van der Waals surface area contributed by atoms with E-state index in [0.29, 0.717) is 5.02 Å². The Hall–Kier alpha value is -2.78. The standard InChI is InChI=1S/C22H19ClN2O/c1-2-15-7-11-17(12-8-15)24-21-19-5-3-4-6-20(19)22(26)25(21)18-13-9-16(23)10-14-18/h3-14,21,24H,2H2,1H3/t21-/m1/s1. The minimum absolute atomic E-state index is 0.00870. The lowest BCUT2D eigenvalue weighted by molar-refractivity contribution is 0.0993. The van der Waals surface area contributed by atoms with Gasteiger partial charge in [-0.3, -0.25) is 9.69 Å². The molecule has 1 N–H and O–H groups in total. The maximum atomic E-state index is 13.0. The summed E-state index contributed by atoms with van der Waals surface area (Å²) in [6.07, 6.45) is 0.745. The van der Waals surface area contributed by atoms with Gasteiger partial charge in [-0.2, -0.15) is 0 Å². The summed E-state index contributed by atoms with van der Waals surface area (Å²) in [5, 5.41) is 4.16. The molecule has 26 heavy (non-hydrogen) atoms. The summed E-state index contributed by atoms with van der Waals surface area (Å²) < 4.78 is 0. The Morgan fingerprint density at radius 1 is 0.962 bits per heavy atom. The van der Waals surface area contributed by atoms with Gasteiger partial charge in [0, 0.05) is 27.5 Å². The largest absolute Gasteiger partial charge is 0.361 e. The lowest BCUT2D eigenvalue weighted by Crippen LogP contribution is -2.32. The topological polar surface area (TPSA) is 32.3 Å². The summed E-state index contributed by atoms with van der Waals surface area (Å²) in [6, 6.07) is 23.4. The van der Waals surface area contributed by atoms with Crippen molar-refractivity contribution in [3.8, 4) is 0 Å². The molecular formula is C22H19ClN2O. The van der Waals surface area contributed by atoms with E-state index in [9.17, 15) is 4.79 Å². The first-order valence-electron chi connectivity index (χ1n) is 8.71. The molecule has 1 heterocycles. The van der Waals surface area contributed by atoms with E-state index in [-0.39, 0.29) is 12.1 Å². The molecule has 0 saturated carbocycles. The van der Waals surface area contributed by atoms with Crippen molar-refractivity contribution in [1.29, 1.82) is 0 Å². The van der Waals surface area contributed by atoms with E-state index in [1.165, 1.54) is 5.56 Å². The number of amides is 1. The van der Waals surface area contributed by atoms with Crippen LogP contribution in [-0.4, -0.2) is 5.91 Å². The number of anilines is 2. The van der Waals surface area contributed by atoms with Crippen molar-refractivity contribution < 1.29 is 4.79 Å². The van der Waals surface area contributed by atoms with Crippen molar-refractivity contribution in [3.63, 3.8) is 0 Å². The fraction of sp³-hybridized carbons (Fsp3) is 0.136. The number of nitrogens with one attached hydrogen (secondary N) is 1. The number of fused-ring (bicyclic) bond motifs is 1. The van der Waals surface area contributed by atoms with Crippen LogP contribution in [-0.2, 0) is 6.42 Å². The number of hydrogen-bond acceptors (Lipinski definition) is 2. The Kier molecular flexibility index (Phi) is 4.39. The second-order valence-corrected chi connectivity index (χ2v) is 6.77. The van der Waals surface area contributed by atoms with E-state index < -0.39 is 0 Å². The summed E-state index contributed by atoms with van der Waals surface area (Å²) in [7, 11) is 0. The molecule has 0 fully saturated rings. The average molecular weight is 363 g/mol. The van der Waals surface area contributed by atoms with Gasteiger partial charge in [0.1, 0.15) is 6.17 Å². The molecule has 0 aromatic heterocycles. The average Bonchev–Trinajstić information content (AvgIpc) is 2.95. The maximum Gasteiger partial charge on any atom is 0.260 e. The molecule has 3 aromatic rings. The van der Waals surface area contributed by atoms with Gasteiger partial charge in [0.25, 0.3) is 5.91 Å². The zero-order valence-corrected chi connectivity index (χ0v) is 15.2. The molecule has 0 saturated heterocycles. The number of carbonyl (C=O) groups is 1. The zero-order valence-electron chi connectivity index (χ0n) is 14.4. The molecule has 130 valence electrons. The number of nitrogens with zero attached hydrogens (tertiary/aromatic N) is 1. The first kappa shape index (κ1) is 16.7. The fourth-order valence-electron chi connectivity index (χ4n) is 3.32. The van der Waals surface area contributed by atoms with Crippen molar-refractivity contribution in [2.75, 3.05) is 10.2 Å². The lowest BCUT2D eigenvalue weighted by atomic mass is 10.1. The van der Waals surface area contributed by atoms with Crippen molar-refractivity contribution >= 4 is 28.9 Å².